The van der Waals surface area contributed by atoms with Crippen LogP contribution >= 0.6 is 0 Å². The summed E-state index contributed by atoms with van der Waals surface area (Å²) in [6, 6.07) is 28.6. The number of fused-ring (bicyclic) bond motifs is 3. The molecule has 0 aliphatic carbocycles. The van der Waals surface area contributed by atoms with Crippen LogP contribution in [0.25, 0.3) is 0 Å². The topological polar surface area (TPSA) is 57.2 Å². The number of anilines is 1. The molecule has 5 rings (SSSR count). The van der Waals surface area contributed by atoms with E-state index in [4.69, 9.17) is 18.9 Å². The summed E-state index contributed by atoms with van der Waals surface area (Å²) >= 11 is 0. The zero-order valence-electron chi connectivity index (χ0n) is 20.8. The predicted octanol–water partition coefficient (Wildman–Crippen LogP) is 4.93. The summed E-state index contributed by atoms with van der Waals surface area (Å²) in [5.41, 5.74) is 4.44. The SMILES string of the molecule is CC(=O)OC[C@H]1O[C@@H]2c3ccccc3N(C)C[C@@H]2[C@@H](OCc2ccccc2)[C@H]1OCc1ccccc1. The number of benzene rings is 3. The molecule has 3 aromatic carbocycles. The first-order valence-corrected chi connectivity index (χ1v) is 12.5. The second kappa shape index (κ2) is 11.2. The monoisotopic (exact) mass is 487 g/mol. The van der Waals surface area contributed by atoms with Gasteiger partial charge in [-0.05, 0) is 17.2 Å². The van der Waals surface area contributed by atoms with Crippen LogP contribution in [0, 0.1) is 5.92 Å². The molecule has 2 aliphatic rings. The Labute approximate surface area is 212 Å². The van der Waals surface area contributed by atoms with E-state index in [1.165, 1.54) is 6.92 Å². The van der Waals surface area contributed by atoms with Gasteiger partial charge in [0, 0.05) is 37.7 Å². The molecule has 1 saturated heterocycles. The van der Waals surface area contributed by atoms with E-state index in [1.807, 2.05) is 60.7 Å². The van der Waals surface area contributed by atoms with Crippen LogP contribution in [0.5, 0.6) is 0 Å². The number of esters is 1. The third kappa shape index (κ3) is 5.46. The number of carbonyl (C=O) groups excluding carboxylic acids is 1. The summed E-state index contributed by atoms with van der Waals surface area (Å²) in [4.78, 5) is 14.0. The zero-order chi connectivity index (χ0) is 24.9. The number of hydrogen-bond acceptors (Lipinski definition) is 6. The smallest absolute Gasteiger partial charge is 0.302 e. The molecule has 0 unspecified atom stereocenters. The highest BCUT2D eigenvalue weighted by Gasteiger charge is 2.50. The molecule has 6 heteroatoms. The van der Waals surface area contributed by atoms with Gasteiger partial charge in [0.2, 0.25) is 0 Å². The molecule has 0 saturated carbocycles. The van der Waals surface area contributed by atoms with E-state index in [9.17, 15) is 4.79 Å². The second-order valence-corrected chi connectivity index (χ2v) is 9.52. The Bertz CT molecular complexity index is 1140. The second-order valence-electron chi connectivity index (χ2n) is 9.52. The first-order valence-electron chi connectivity index (χ1n) is 12.5. The summed E-state index contributed by atoms with van der Waals surface area (Å²) in [5.74, 6) is -0.295. The highest BCUT2D eigenvalue weighted by atomic mass is 16.6. The lowest BCUT2D eigenvalue weighted by Gasteiger charge is -2.50. The van der Waals surface area contributed by atoms with Gasteiger partial charge in [-0.3, -0.25) is 4.79 Å². The van der Waals surface area contributed by atoms with Crippen molar-refractivity contribution in [3.63, 3.8) is 0 Å². The van der Waals surface area contributed by atoms with Crippen LogP contribution in [0.4, 0.5) is 5.69 Å². The third-order valence-electron chi connectivity index (χ3n) is 6.98. The highest BCUT2D eigenvalue weighted by Crippen LogP contribution is 2.46. The first kappa shape index (κ1) is 24.5. The minimum Gasteiger partial charge on any atom is -0.463 e. The van der Waals surface area contributed by atoms with Gasteiger partial charge in [0.25, 0.3) is 0 Å². The molecule has 0 aromatic heterocycles. The van der Waals surface area contributed by atoms with Crippen LogP contribution in [-0.4, -0.2) is 44.5 Å². The number of nitrogens with zero attached hydrogens (tertiary/aromatic N) is 1. The van der Waals surface area contributed by atoms with Gasteiger partial charge in [-0.25, -0.2) is 0 Å². The molecule has 188 valence electrons. The maximum absolute atomic E-state index is 11.7. The lowest BCUT2D eigenvalue weighted by Crippen LogP contribution is -2.58. The van der Waals surface area contributed by atoms with Crippen LogP contribution in [-0.2, 0) is 37.0 Å². The van der Waals surface area contributed by atoms with Crippen molar-refractivity contribution < 1.29 is 23.7 Å². The van der Waals surface area contributed by atoms with E-state index >= 15 is 0 Å². The molecule has 2 aliphatic heterocycles. The molecule has 5 atom stereocenters. The maximum atomic E-state index is 11.7. The van der Waals surface area contributed by atoms with Crippen molar-refractivity contribution in [2.45, 2.75) is 44.6 Å². The van der Waals surface area contributed by atoms with Crippen LogP contribution in [0.3, 0.4) is 0 Å². The van der Waals surface area contributed by atoms with Gasteiger partial charge in [0.05, 0.1) is 25.4 Å². The molecule has 2 heterocycles. The standard InChI is InChI=1S/C30H33NO5/c1-21(32)33-20-27-30(35-19-23-13-7-4-8-14-23)29(34-18-22-11-5-3-6-12-22)25-17-31(2)26-16-10-9-15-24(26)28(25)36-27/h3-16,25,27-30H,17-20H2,1-2H3/t25-,27+,28+,29+,30-/m0/s1. The molecular weight excluding hydrogens is 454 g/mol. The van der Waals surface area contributed by atoms with Crippen molar-refractivity contribution in [2.24, 2.45) is 5.92 Å². The van der Waals surface area contributed by atoms with E-state index in [0.29, 0.717) is 13.2 Å². The first-order chi connectivity index (χ1) is 17.6. The molecule has 36 heavy (non-hydrogen) atoms. The molecule has 0 N–H and O–H groups in total. The molecule has 0 radical (unpaired) electrons. The van der Waals surface area contributed by atoms with Crippen LogP contribution in [0.2, 0.25) is 0 Å². The number of para-hydroxylation sites is 1. The Hall–Kier alpha value is -3.19. The lowest BCUT2D eigenvalue weighted by atomic mass is 9.80. The summed E-state index contributed by atoms with van der Waals surface area (Å²) in [5, 5.41) is 0. The van der Waals surface area contributed by atoms with E-state index in [-0.39, 0.29) is 30.7 Å². The molecular formula is C30H33NO5. The number of hydrogen-bond donors (Lipinski definition) is 0. The average molecular weight is 488 g/mol. The van der Waals surface area contributed by atoms with Crippen LogP contribution in [0.1, 0.15) is 29.7 Å². The van der Waals surface area contributed by atoms with Gasteiger partial charge in [-0.2, -0.15) is 0 Å². The van der Waals surface area contributed by atoms with Crippen molar-refractivity contribution in [3.05, 3.63) is 102 Å². The number of rotatable bonds is 8. The fourth-order valence-electron chi connectivity index (χ4n) is 5.28. The number of carbonyl (C=O) groups is 1. The summed E-state index contributed by atoms with van der Waals surface area (Å²) < 4.78 is 25.3. The van der Waals surface area contributed by atoms with E-state index in [1.54, 1.807) is 0 Å². The lowest BCUT2D eigenvalue weighted by molar-refractivity contribution is -0.245. The molecule has 0 amide bonds. The molecule has 0 spiro atoms. The largest absolute Gasteiger partial charge is 0.463 e. The van der Waals surface area contributed by atoms with Gasteiger partial charge >= 0.3 is 5.97 Å². The average Bonchev–Trinajstić information content (AvgIpc) is 2.91. The van der Waals surface area contributed by atoms with Crippen molar-refractivity contribution in [3.8, 4) is 0 Å². The third-order valence-corrected chi connectivity index (χ3v) is 6.98. The quantitative estimate of drug-likeness (QED) is 0.420. The van der Waals surface area contributed by atoms with Gasteiger partial charge in [-0.1, -0.05) is 78.9 Å². The number of ether oxygens (including phenoxy) is 4. The minimum atomic E-state index is -0.462. The molecule has 1 fully saturated rings. The normalized spacial score (nSPS) is 25.1. The van der Waals surface area contributed by atoms with Gasteiger partial charge < -0.3 is 23.8 Å². The summed E-state index contributed by atoms with van der Waals surface area (Å²) in [6.45, 7) is 3.18. The van der Waals surface area contributed by atoms with Gasteiger partial charge in [0.1, 0.15) is 18.8 Å². The van der Waals surface area contributed by atoms with Crippen molar-refractivity contribution in [1.29, 1.82) is 0 Å². The fourth-order valence-corrected chi connectivity index (χ4v) is 5.28. The molecule has 3 aromatic rings. The minimum absolute atomic E-state index is 0.0444. The Kier molecular flexibility index (Phi) is 7.66. The maximum Gasteiger partial charge on any atom is 0.302 e. The van der Waals surface area contributed by atoms with Crippen LogP contribution < -0.4 is 4.90 Å². The Morgan fingerprint density at radius 2 is 1.44 bits per heavy atom. The van der Waals surface area contributed by atoms with Crippen molar-refractivity contribution in [2.75, 3.05) is 25.1 Å². The fraction of sp³-hybridized carbons (Fsp3) is 0.367. The van der Waals surface area contributed by atoms with Crippen LogP contribution in [0.15, 0.2) is 84.9 Å². The zero-order valence-corrected chi connectivity index (χ0v) is 20.8. The Morgan fingerprint density at radius 1 is 0.861 bits per heavy atom. The Balaban J connectivity index is 1.47. The summed E-state index contributed by atoms with van der Waals surface area (Å²) in [7, 11) is 2.11. The van der Waals surface area contributed by atoms with Crippen molar-refractivity contribution in [1.82, 2.24) is 0 Å². The molecule has 0 bridgehead atoms. The van der Waals surface area contributed by atoms with Crippen molar-refractivity contribution >= 4 is 11.7 Å². The molecule has 6 nitrogen and oxygen atoms in total. The van der Waals surface area contributed by atoms with E-state index < -0.39 is 12.2 Å². The Morgan fingerprint density at radius 3 is 2.08 bits per heavy atom. The van der Waals surface area contributed by atoms with Gasteiger partial charge in [0.15, 0.2) is 0 Å². The predicted molar refractivity (Wildman–Crippen MR) is 137 cm³/mol. The highest BCUT2D eigenvalue weighted by molar-refractivity contribution is 5.65. The summed E-state index contributed by atoms with van der Waals surface area (Å²) in [6.07, 6.45) is -1.32. The van der Waals surface area contributed by atoms with E-state index in [0.717, 1.165) is 28.9 Å². The van der Waals surface area contributed by atoms with Gasteiger partial charge in [-0.15, -0.1) is 0 Å². The van der Waals surface area contributed by atoms with E-state index in [2.05, 4.69) is 36.2 Å².